The van der Waals surface area contributed by atoms with Crippen LogP contribution in [0, 0.1) is 0 Å². The lowest BCUT2D eigenvalue weighted by Crippen LogP contribution is -2.29. The van der Waals surface area contributed by atoms with Gasteiger partial charge in [0.2, 0.25) is 0 Å². The van der Waals surface area contributed by atoms with Crippen LogP contribution >= 0.6 is 0 Å². The molecule has 1 fully saturated rings. The maximum absolute atomic E-state index is 6.14. The quantitative estimate of drug-likeness (QED) is 0.872. The third-order valence-corrected chi connectivity index (χ3v) is 3.59. The summed E-state index contributed by atoms with van der Waals surface area (Å²) in [5.41, 5.74) is 6.84. The smallest absolute Gasteiger partial charge is 0.122 e. The molecule has 0 spiro atoms. The van der Waals surface area contributed by atoms with E-state index in [9.17, 15) is 0 Å². The first-order valence-corrected chi connectivity index (χ1v) is 6.81. The molecule has 100 valence electrons. The SMILES string of the molecule is COC1CCCC(Oc2ccccc2CCN)C1. The lowest BCUT2D eigenvalue weighted by Gasteiger charge is -2.29. The third kappa shape index (κ3) is 3.47. The summed E-state index contributed by atoms with van der Waals surface area (Å²) < 4.78 is 11.6. The number of benzene rings is 1. The molecule has 2 atom stereocenters. The van der Waals surface area contributed by atoms with Gasteiger partial charge >= 0.3 is 0 Å². The van der Waals surface area contributed by atoms with Crippen molar-refractivity contribution in [3.05, 3.63) is 29.8 Å². The van der Waals surface area contributed by atoms with Crippen LogP contribution in [0.3, 0.4) is 0 Å². The fraction of sp³-hybridized carbons (Fsp3) is 0.600. The molecule has 1 aliphatic rings. The Morgan fingerprint density at radius 2 is 2.00 bits per heavy atom. The van der Waals surface area contributed by atoms with Gasteiger partial charge in [-0.15, -0.1) is 0 Å². The van der Waals surface area contributed by atoms with Crippen LogP contribution in [0.1, 0.15) is 31.2 Å². The highest BCUT2D eigenvalue weighted by Crippen LogP contribution is 2.27. The number of nitrogens with two attached hydrogens (primary N) is 1. The molecule has 1 aliphatic carbocycles. The Hall–Kier alpha value is -1.06. The van der Waals surface area contributed by atoms with E-state index >= 15 is 0 Å². The van der Waals surface area contributed by atoms with E-state index < -0.39 is 0 Å². The van der Waals surface area contributed by atoms with E-state index in [-0.39, 0.29) is 6.10 Å². The monoisotopic (exact) mass is 249 g/mol. The Kier molecular flexibility index (Phi) is 5.02. The van der Waals surface area contributed by atoms with Crippen molar-refractivity contribution in [3.8, 4) is 5.75 Å². The first-order chi connectivity index (χ1) is 8.83. The second-order valence-corrected chi connectivity index (χ2v) is 4.91. The van der Waals surface area contributed by atoms with Crippen molar-refractivity contribution in [1.82, 2.24) is 0 Å². The van der Waals surface area contributed by atoms with Crippen LogP contribution in [0.5, 0.6) is 5.75 Å². The molecule has 2 N–H and O–H groups in total. The molecule has 0 saturated heterocycles. The molecule has 1 aromatic carbocycles. The molecule has 3 nitrogen and oxygen atoms in total. The highest BCUT2D eigenvalue weighted by atomic mass is 16.5. The van der Waals surface area contributed by atoms with Crippen LogP contribution in [0.2, 0.25) is 0 Å². The van der Waals surface area contributed by atoms with Gasteiger partial charge in [-0.3, -0.25) is 0 Å². The summed E-state index contributed by atoms with van der Waals surface area (Å²) in [6.07, 6.45) is 5.96. The van der Waals surface area contributed by atoms with Gasteiger partial charge in [0.25, 0.3) is 0 Å². The second kappa shape index (κ2) is 6.76. The van der Waals surface area contributed by atoms with Crippen LogP contribution < -0.4 is 10.5 Å². The topological polar surface area (TPSA) is 44.5 Å². The van der Waals surface area contributed by atoms with Gasteiger partial charge in [0, 0.05) is 13.5 Å². The number of hydrogen-bond donors (Lipinski definition) is 1. The number of rotatable bonds is 5. The van der Waals surface area contributed by atoms with Gasteiger partial charge in [-0.1, -0.05) is 18.2 Å². The van der Waals surface area contributed by atoms with E-state index in [1.165, 1.54) is 12.0 Å². The summed E-state index contributed by atoms with van der Waals surface area (Å²) in [5.74, 6) is 0.990. The van der Waals surface area contributed by atoms with Gasteiger partial charge in [0.1, 0.15) is 11.9 Å². The molecule has 0 amide bonds. The van der Waals surface area contributed by atoms with E-state index in [0.29, 0.717) is 12.6 Å². The molecule has 2 unspecified atom stereocenters. The lowest BCUT2D eigenvalue weighted by atomic mass is 9.95. The first kappa shape index (κ1) is 13.4. The van der Waals surface area contributed by atoms with Crippen LogP contribution in [-0.4, -0.2) is 25.9 Å². The summed E-state index contributed by atoms with van der Waals surface area (Å²) in [6.45, 7) is 0.658. The van der Waals surface area contributed by atoms with Gasteiger partial charge in [-0.05, 0) is 43.9 Å². The average molecular weight is 249 g/mol. The summed E-state index contributed by atoms with van der Waals surface area (Å²) in [5, 5.41) is 0. The zero-order valence-electron chi connectivity index (χ0n) is 11.1. The van der Waals surface area contributed by atoms with Gasteiger partial charge < -0.3 is 15.2 Å². The minimum absolute atomic E-state index is 0.280. The molecule has 1 aromatic rings. The van der Waals surface area contributed by atoms with Gasteiger partial charge in [-0.2, -0.15) is 0 Å². The molecule has 1 saturated carbocycles. The fourth-order valence-electron chi connectivity index (χ4n) is 2.58. The van der Waals surface area contributed by atoms with E-state index in [1.807, 2.05) is 18.2 Å². The Bertz CT molecular complexity index is 367. The normalized spacial score (nSPS) is 23.9. The molecular weight excluding hydrogens is 226 g/mol. The number of para-hydroxylation sites is 1. The lowest BCUT2D eigenvalue weighted by molar-refractivity contribution is 0.0207. The zero-order chi connectivity index (χ0) is 12.8. The van der Waals surface area contributed by atoms with Crippen LogP contribution in [0.25, 0.3) is 0 Å². The Morgan fingerprint density at radius 1 is 1.22 bits per heavy atom. The van der Waals surface area contributed by atoms with E-state index in [0.717, 1.165) is 31.4 Å². The Labute approximate surface area is 109 Å². The van der Waals surface area contributed by atoms with Crippen molar-refractivity contribution >= 4 is 0 Å². The predicted molar refractivity (Wildman–Crippen MR) is 72.9 cm³/mol. The van der Waals surface area contributed by atoms with Crippen molar-refractivity contribution in [2.75, 3.05) is 13.7 Å². The number of ether oxygens (including phenoxy) is 2. The van der Waals surface area contributed by atoms with Crippen LogP contribution in [-0.2, 0) is 11.2 Å². The summed E-state index contributed by atoms with van der Waals surface area (Å²) in [4.78, 5) is 0. The zero-order valence-corrected chi connectivity index (χ0v) is 11.1. The molecule has 18 heavy (non-hydrogen) atoms. The molecular formula is C15H23NO2. The second-order valence-electron chi connectivity index (χ2n) is 4.91. The van der Waals surface area contributed by atoms with E-state index in [4.69, 9.17) is 15.2 Å². The minimum atomic E-state index is 0.280. The fourth-order valence-corrected chi connectivity index (χ4v) is 2.58. The van der Waals surface area contributed by atoms with Gasteiger partial charge in [0.15, 0.2) is 0 Å². The van der Waals surface area contributed by atoms with Crippen molar-refractivity contribution in [2.24, 2.45) is 5.73 Å². The summed E-state index contributed by atoms with van der Waals surface area (Å²) >= 11 is 0. The molecule has 3 heteroatoms. The van der Waals surface area contributed by atoms with Gasteiger partial charge in [-0.25, -0.2) is 0 Å². The van der Waals surface area contributed by atoms with Gasteiger partial charge in [0.05, 0.1) is 6.10 Å². The largest absolute Gasteiger partial charge is 0.490 e. The number of hydrogen-bond acceptors (Lipinski definition) is 3. The predicted octanol–water partition coefficient (Wildman–Crippen LogP) is 2.52. The van der Waals surface area contributed by atoms with Crippen molar-refractivity contribution in [1.29, 1.82) is 0 Å². The van der Waals surface area contributed by atoms with Crippen LogP contribution in [0.15, 0.2) is 24.3 Å². The van der Waals surface area contributed by atoms with Crippen LogP contribution in [0.4, 0.5) is 0 Å². The minimum Gasteiger partial charge on any atom is -0.490 e. The Balaban J connectivity index is 1.99. The summed E-state index contributed by atoms with van der Waals surface area (Å²) in [6, 6.07) is 8.20. The average Bonchev–Trinajstić information content (AvgIpc) is 2.41. The maximum atomic E-state index is 6.14. The molecule has 0 aromatic heterocycles. The van der Waals surface area contributed by atoms with Crippen molar-refractivity contribution in [2.45, 2.75) is 44.3 Å². The standard InChI is InChI=1S/C15H23NO2/c1-17-13-6-4-7-14(11-13)18-15-8-3-2-5-12(15)9-10-16/h2-3,5,8,13-14H,4,6-7,9-11,16H2,1H3. The number of methoxy groups -OCH3 is 1. The Morgan fingerprint density at radius 3 is 2.78 bits per heavy atom. The summed E-state index contributed by atoms with van der Waals surface area (Å²) in [7, 11) is 1.79. The van der Waals surface area contributed by atoms with E-state index in [1.54, 1.807) is 7.11 Å². The molecule has 0 heterocycles. The highest BCUT2D eigenvalue weighted by Gasteiger charge is 2.23. The molecule has 0 aliphatic heterocycles. The highest BCUT2D eigenvalue weighted by molar-refractivity contribution is 5.33. The van der Waals surface area contributed by atoms with Crippen molar-refractivity contribution < 1.29 is 9.47 Å². The van der Waals surface area contributed by atoms with Crippen molar-refractivity contribution in [3.63, 3.8) is 0 Å². The molecule has 2 rings (SSSR count). The third-order valence-electron chi connectivity index (χ3n) is 3.59. The first-order valence-electron chi connectivity index (χ1n) is 6.81. The maximum Gasteiger partial charge on any atom is 0.122 e. The molecule has 0 bridgehead atoms. The molecule has 0 radical (unpaired) electrons. The van der Waals surface area contributed by atoms with E-state index in [2.05, 4.69) is 6.07 Å².